The third-order valence-electron chi connectivity index (χ3n) is 8.21. The van der Waals surface area contributed by atoms with E-state index >= 15 is 0 Å². The zero-order chi connectivity index (χ0) is 31.4. The fourth-order valence-electron chi connectivity index (χ4n) is 5.92. The Morgan fingerprint density at radius 3 is 2.60 bits per heavy atom. The summed E-state index contributed by atoms with van der Waals surface area (Å²) < 4.78 is 46.7. The van der Waals surface area contributed by atoms with E-state index in [1.807, 2.05) is 16.8 Å². The number of carbonyl (C=O) groups is 2. The molecule has 0 saturated heterocycles. The van der Waals surface area contributed by atoms with E-state index in [9.17, 15) is 27.9 Å². The number of carboxylic acid groups (broad SMARTS) is 1. The molecule has 4 rings (SSSR count). The molecular formula is C29H41F3N6O4Si. The molecule has 1 aliphatic carbocycles. The van der Waals surface area contributed by atoms with E-state index in [1.54, 1.807) is 11.1 Å². The van der Waals surface area contributed by atoms with E-state index < -0.39 is 26.9 Å². The largest absolute Gasteiger partial charge is 0.465 e. The number of anilines is 1. The minimum Gasteiger partial charge on any atom is -0.465 e. The van der Waals surface area contributed by atoms with Gasteiger partial charge >= 0.3 is 12.3 Å². The van der Waals surface area contributed by atoms with Crippen LogP contribution in [0.15, 0.2) is 18.5 Å². The molecule has 0 unspecified atom stereocenters. The Hall–Kier alpha value is -3.31. The van der Waals surface area contributed by atoms with Crippen LogP contribution in [0, 0.1) is 17.2 Å². The minimum absolute atomic E-state index is 0.00408. The molecule has 3 heterocycles. The number of alkyl halides is 3. The van der Waals surface area contributed by atoms with Crippen LogP contribution in [0.3, 0.4) is 0 Å². The molecule has 1 saturated carbocycles. The molecule has 2 aromatic heterocycles. The number of nitriles is 1. The molecule has 0 aromatic carbocycles. The van der Waals surface area contributed by atoms with Crippen molar-refractivity contribution < 1.29 is 32.6 Å². The van der Waals surface area contributed by atoms with Crippen LogP contribution in [-0.4, -0.2) is 89.7 Å². The third-order valence-corrected chi connectivity index (χ3v) is 9.91. The Morgan fingerprint density at radius 1 is 1.26 bits per heavy atom. The van der Waals surface area contributed by atoms with Gasteiger partial charge in [0.2, 0.25) is 0 Å². The summed E-state index contributed by atoms with van der Waals surface area (Å²) in [5, 5.41) is 19.2. The Bertz CT molecular complexity index is 1330. The molecule has 2 aromatic rings. The molecule has 0 radical (unpaired) electrons. The molecule has 2 aliphatic rings. The summed E-state index contributed by atoms with van der Waals surface area (Å²) in [4.78, 5) is 34.0. The van der Waals surface area contributed by atoms with Crippen molar-refractivity contribution in [1.82, 2.24) is 19.4 Å². The van der Waals surface area contributed by atoms with Gasteiger partial charge in [0.15, 0.2) is 0 Å². The Kier molecular flexibility index (Phi) is 10.3. The first-order chi connectivity index (χ1) is 20.3. The van der Waals surface area contributed by atoms with Gasteiger partial charge in [-0.2, -0.15) is 18.4 Å². The number of unbranched alkanes of at least 4 members (excludes halogenated alkanes) is 1. The highest BCUT2D eigenvalue weighted by Gasteiger charge is 2.38. The number of fused-ring (bicyclic) bond motifs is 3. The van der Waals surface area contributed by atoms with Crippen LogP contribution in [0.2, 0.25) is 25.7 Å². The molecule has 43 heavy (non-hydrogen) atoms. The maximum Gasteiger partial charge on any atom is 0.407 e. The number of pyridine rings is 1. The van der Waals surface area contributed by atoms with Crippen LogP contribution >= 0.6 is 0 Å². The summed E-state index contributed by atoms with van der Waals surface area (Å²) in [6.07, 6.45) is 0.663. The van der Waals surface area contributed by atoms with Crippen molar-refractivity contribution in [3.8, 4) is 6.07 Å². The average molecular weight is 623 g/mol. The molecule has 0 bridgehead atoms. The maximum absolute atomic E-state index is 13.5. The lowest BCUT2D eigenvalue weighted by Gasteiger charge is -2.45. The normalized spacial score (nSPS) is 19.4. The number of carbonyl (C=O) groups excluding carboxylic acids is 1. The van der Waals surface area contributed by atoms with Crippen LogP contribution in [0.1, 0.15) is 48.9 Å². The lowest BCUT2D eigenvalue weighted by molar-refractivity contribution is -0.143. The Labute approximate surface area is 251 Å². The number of amides is 2. The molecular weight excluding hydrogens is 581 g/mol. The highest BCUT2D eigenvalue weighted by atomic mass is 28.3. The molecule has 1 aliphatic heterocycles. The van der Waals surface area contributed by atoms with Crippen molar-refractivity contribution in [3.63, 3.8) is 0 Å². The first-order valence-electron chi connectivity index (χ1n) is 14.8. The third kappa shape index (κ3) is 8.41. The second-order valence-corrected chi connectivity index (χ2v) is 18.4. The van der Waals surface area contributed by atoms with Crippen LogP contribution in [0.4, 0.5) is 23.7 Å². The van der Waals surface area contributed by atoms with Gasteiger partial charge in [0.25, 0.3) is 5.91 Å². The molecule has 1 N–H and O–H groups in total. The maximum atomic E-state index is 13.5. The second-order valence-electron chi connectivity index (χ2n) is 12.8. The fraction of sp³-hybridized carbons (Fsp3) is 0.655. The summed E-state index contributed by atoms with van der Waals surface area (Å²) >= 11 is 0. The van der Waals surface area contributed by atoms with Gasteiger partial charge in [0, 0.05) is 58.0 Å². The summed E-state index contributed by atoms with van der Waals surface area (Å²) in [5.74, 6) is -0.324. The van der Waals surface area contributed by atoms with Gasteiger partial charge in [0.05, 0.1) is 24.0 Å². The topological polar surface area (TPSA) is 115 Å². The van der Waals surface area contributed by atoms with Crippen LogP contribution < -0.4 is 4.90 Å². The first-order valence-corrected chi connectivity index (χ1v) is 18.5. The first kappa shape index (κ1) is 32.6. The predicted octanol–water partition coefficient (Wildman–Crippen LogP) is 5.97. The Morgan fingerprint density at radius 2 is 1.98 bits per heavy atom. The van der Waals surface area contributed by atoms with E-state index in [1.165, 1.54) is 0 Å². The smallest absolute Gasteiger partial charge is 0.407 e. The van der Waals surface area contributed by atoms with Crippen LogP contribution in [0.5, 0.6) is 0 Å². The number of aromatic nitrogens is 2. The van der Waals surface area contributed by atoms with Crippen molar-refractivity contribution in [3.05, 3.63) is 24.0 Å². The van der Waals surface area contributed by atoms with Gasteiger partial charge < -0.3 is 24.2 Å². The van der Waals surface area contributed by atoms with Gasteiger partial charge in [0.1, 0.15) is 18.9 Å². The highest BCUT2D eigenvalue weighted by Crippen LogP contribution is 2.40. The molecule has 14 heteroatoms. The van der Waals surface area contributed by atoms with Crippen molar-refractivity contribution in [2.75, 3.05) is 37.8 Å². The lowest BCUT2D eigenvalue weighted by Crippen LogP contribution is -2.52. The summed E-state index contributed by atoms with van der Waals surface area (Å²) in [6, 6.07) is 5.12. The molecule has 236 valence electrons. The summed E-state index contributed by atoms with van der Waals surface area (Å²) in [6.45, 7) is 7.00. The summed E-state index contributed by atoms with van der Waals surface area (Å²) in [5.41, 5.74) is 1.98. The van der Waals surface area contributed by atoms with Crippen molar-refractivity contribution in [1.29, 1.82) is 5.26 Å². The molecule has 1 fully saturated rings. The van der Waals surface area contributed by atoms with E-state index in [2.05, 4.69) is 35.6 Å². The SMILES string of the molecule is C[Si](C)(C)CCOCn1ccc2c3c(cnc21)C(=O)N(CCCC#N)CN3C1CCC(CN(CC(F)(F)F)C(=O)O)CC1. The van der Waals surface area contributed by atoms with Gasteiger partial charge in [-0.25, -0.2) is 9.78 Å². The highest BCUT2D eigenvalue weighted by molar-refractivity contribution is 6.76. The standard InChI is InChI=1S/C29H41F3N6O4Si/c1-43(2,3)15-14-42-20-36-13-10-23-25-24(16-34-26(23)36)27(39)35(12-5-4-11-33)19-38(25)22-8-6-21(7-9-22)17-37(28(40)41)18-29(30,31)32/h10,13,16,21-22H,4-9,12,14-15,17-20H2,1-3H3,(H,40,41). The number of halogens is 3. The zero-order valence-electron chi connectivity index (χ0n) is 25.1. The van der Waals surface area contributed by atoms with Crippen molar-refractivity contribution >= 4 is 36.8 Å². The molecule has 0 atom stereocenters. The Balaban J connectivity index is 1.55. The fourth-order valence-corrected chi connectivity index (χ4v) is 6.68. The van der Waals surface area contributed by atoms with E-state index in [-0.39, 0.29) is 24.4 Å². The lowest BCUT2D eigenvalue weighted by atomic mass is 9.84. The zero-order valence-corrected chi connectivity index (χ0v) is 26.1. The van der Waals surface area contributed by atoms with Crippen LogP contribution in [0.25, 0.3) is 11.0 Å². The van der Waals surface area contributed by atoms with Gasteiger partial charge in [-0.1, -0.05) is 19.6 Å². The predicted molar refractivity (Wildman–Crippen MR) is 158 cm³/mol. The van der Waals surface area contributed by atoms with Gasteiger partial charge in [-0.3, -0.25) is 9.69 Å². The minimum atomic E-state index is -4.59. The quantitative estimate of drug-likeness (QED) is 0.229. The number of hydrogen-bond donors (Lipinski definition) is 1. The van der Waals surface area contributed by atoms with E-state index in [0.717, 1.165) is 17.1 Å². The summed E-state index contributed by atoms with van der Waals surface area (Å²) in [7, 11) is -1.24. The molecule has 10 nitrogen and oxygen atoms in total. The van der Waals surface area contributed by atoms with Gasteiger partial charge in [-0.15, -0.1) is 0 Å². The van der Waals surface area contributed by atoms with Gasteiger partial charge in [-0.05, 0) is 50.1 Å². The van der Waals surface area contributed by atoms with E-state index in [0.29, 0.717) is 81.2 Å². The number of rotatable bonds is 12. The van der Waals surface area contributed by atoms with Crippen molar-refractivity contribution in [2.24, 2.45) is 5.92 Å². The number of hydrogen-bond acceptors (Lipinski definition) is 6. The monoisotopic (exact) mass is 622 g/mol. The van der Waals surface area contributed by atoms with Crippen LogP contribution in [-0.2, 0) is 11.5 Å². The number of ether oxygens (including phenoxy) is 1. The van der Waals surface area contributed by atoms with Crippen molar-refractivity contribution in [2.45, 2.75) is 83.2 Å². The second kappa shape index (κ2) is 13.5. The van der Waals surface area contributed by atoms with E-state index in [4.69, 9.17) is 10.00 Å². The number of nitrogens with zero attached hydrogens (tertiary/aromatic N) is 6. The average Bonchev–Trinajstić information content (AvgIpc) is 3.34. The molecule has 0 spiro atoms. The molecule has 2 amide bonds.